The highest BCUT2D eigenvalue weighted by Gasteiger charge is 2.24. The monoisotopic (exact) mass is 362 g/mol. The molecule has 4 rings (SSSR count). The van der Waals surface area contributed by atoms with Crippen molar-refractivity contribution in [1.29, 1.82) is 0 Å². The van der Waals surface area contributed by atoms with E-state index in [0.29, 0.717) is 23.4 Å². The lowest BCUT2D eigenvalue weighted by Gasteiger charge is -2.12. The molecule has 0 unspecified atom stereocenters. The summed E-state index contributed by atoms with van der Waals surface area (Å²) in [6.45, 7) is 3.98. The van der Waals surface area contributed by atoms with E-state index in [1.807, 2.05) is 62.4 Å². The van der Waals surface area contributed by atoms with Gasteiger partial charge in [0.05, 0.1) is 0 Å². The fourth-order valence-electron chi connectivity index (χ4n) is 2.78. The van der Waals surface area contributed by atoms with Crippen LogP contribution in [-0.2, 0) is 0 Å². The number of aryl methyl sites for hydroxylation is 1. The number of amides is 1. The Morgan fingerprint density at radius 2 is 1.93 bits per heavy atom. The van der Waals surface area contributed by atoms with Crippen molar-refractivity contribution in [1.82, 2.24) is 15.5 Å². The third-order valence-corrected chi connectivity index (χ3v) is 4.53. The van der Waals surface area contributed by atoms with Crippen molar-refractivity contribution < 1.29 is 9.21 Å². The predicted octanol–water partition coefficient (Wildman–Crippen LogP) is 4.11. The van der Waals surface area contributed by atoms with Gasteiger partial charge in [-0.25, -0.2) is 0 Å². The lowest BCUT2D eigenvalue weighted by molar-refractivity contribution is 0.0951. The number of hydrogen-bond acceptors (Lipinski definition) is 5. The van der Waals surface area contributed by atoms with Crippen LogP contribution < -0.4 is 10.6 Å². The Morgan fingerprint density at radius 1 is 1.15 bits per heavy atom. The Kier molecular flexibility index (Phi) is 4.62. The second kappa shape index (κ2) is 7.23. The van der Waals surface area contributed by atoms with Gasteiger partial charge in [-0.3, -0.25) is 4.79 Å². The maximum atomic E-state index is 12.2. The van der Waals surface area contributed by atoms with Crippen molar-refractivity contribution in [2.45, 2.75) is 38.8 Å². The van der Waals surface area contributed by atoms with Crippen LogP contribution >= 0.6 is 0 Å². The summed E-state index contributed by atoms with van der Waals surface area (Å²) in [7, 11) is 0. The van der Waals surface area contributed by atoms with Crippen molar-refractivity contribution in [3.63, 3.8) is 0 Å². The lowest BCUT2D eigenvalue weighted by atomic mass is 10.1. The zero-order valence-corrected chi connectivity index (χ0v) is 15.4. The SMILES string of the molecule is Cc1ccc(-c2nnc([C@H](C)Nc3cccc(C(=O)NC4CC4)c3)o2)cc1. The second-order valence-corrected chi connectivity index (χ2v) is 7.01. The molecule has 0 aliphatic heterocycles. The first kappa shape index (κ1) is 17.3. The van der Waals surface area contributed by atoms with E-state index >= 15 is 0 Å². The normalized spacial score (nSPS) is 14.6. The number of nitrogens with one attached hydrogen (secondary N) is 2. The van der Waals surface area contributed by atoms with Gasteiger partial charge in [0.25, 0.3) is 5.91 Å². The number of carbonyl (C=O) groups is 1. The highest BCUT2D eigenvalue weighted by molar-refractivity contribution is 5.95. The highest BCUT2D eigenvalue weighted by atomic mass is 16.4. The maximum absolute atomic E-state index is 12.2. The summed E-state index contributed by atoms with van der Waals surface area (Å²) in [5, 5.41) is 14.6. The number of rotatable bonds is 6. The smallest absolute Gasteiger partial charge is 0.251 e. The third-order valence-electron chi connectivity index (χ3n) is 4.53. The maximum Gasteiger partial charge on any atom is 0.251 e. The highest BCUT2D eigenvalue weighted by Crippen LogP contribution is 2.24. The quantitative estimate of drug-likeness (QED) is 0.690. The molecule has 6 heteroatoms. The first-order chi connectivity index (χ1) is 13.1. The summed E-state index contributed by atoms with van der Waals surface area (Å²) in [4.78, 5) is 12.2. The molecule has 1 aliphatic rings. The van der Waals surface area contributed by atoms with Gasteiger partial charge in [-0.1, -0.05) is 23.8 Å². The Labute approximate surface area is 158 Å². The Morgan fingerprint density at radius 3 is 2.67 bits per heavy atom. The minimum atomic E-state index is -0.182. The molecule has 1 fully saturated rings. The summed E-state index contributed by atoms with van der Waals surface area (Å²) in [6, 6.07) is 15.5. The van der Waals surface area contributed by atoms with E-state index in [2.05, 4.69) is 20.8 Å². The van der Waals surface area contributed by atoms with Crippen molar-refractivity contribution in [2.24, 2.45) is 0 Å². The molecule has 1 amide bonds. The topological polar surface area (TPSA) is 80.0 Å². The van der Waals surface area contributed by atoms with Crippen LogP contribution in [0.15, 0.2) is 52.9 Å². The predicted molar refractivity (Wildman–Crippen MR) is 103 cm³/mol. The largest absolute Gasteiger partial charge is 0.418 e. The molecule has 6 nitrogen and oxygen atoms in total. The van der Waals surface area contributed by atoms with Gasteiger partial charge in [0.15, 0.2) is 0 Å². The summed E-state index contributed by atoms with van der Waals surface area (Å²) in [5.41, 5.74) is 3.55. The lowest BCUT2D eigenvalue weighted by Crippen LogP contribution is -2.25. The number of hydrogen-bond donors (Lipinski definition) is 2. The third kappa shape index (κ3) is 4.16. The molecule has 0 radical (unpaired) electrons. The van der Waals surface area contributed by atoms with Gasteiger partial charge >= 0.3 is 0 Å². The molecule has 2 aromatic carbocycles. The van der Waals surface area contributed by atoms with Crippen LogP contribution in [0.4, 0.5) is 5.69 Å². The summed E-state index contributed by atoms with van der Waals surface area (Å²) in [6.07, 6.45) is 2.14. The average Bonchev–Trinajstić information content (AvgIpc) is 3.34. The molecular formula is C21H22N4O2. The van der Waals surface area contributed by atoms with Crippen molar-refractivity contribution >= 4 is 11.6 Å². The van der Waals surface area contributed by atoms with Gasteiger partial charge in [0.1, 0.15) is 6.04 Å². The molecule has 27 heavy (non-hydrogen) atoms. The van der Waals surface area contributed by atoms with Crippen LogP contribution in [0.3, 0.4) is 0 Å². The minimum Gasteiger partial charge on any atom is -0.418 e. The minimum absolute atomic E-state index is 0.0340. The molecule has 0 saturated heterocycles. The molecule has 1 aliphatic carbocycles. The van der Waals surface area contributed by atoms with E-state index < -0.39 is 0 Å². The molecule has 1 aromatic heterocycles. The molecule has 3 aromatic rings. The average molecular weight is 362 g/mol. The zero-order chi connectivity index (χ0) is 18.8. The fourth-order valence-corrected chi connectivity index (χ4v) is 2.78. The van der Waals surface area contributed by atoms with Crippen molar-refractivity contribution in [3.8, 4) is 11.5 Å². The number of benzene rings is 2. The van der Waals surface area contributed by atoms with Crippen LogP contribution in [0, 0.1) is 6.92 Å². The molecule has 1 atom stereocenters. The number of carbonyl (C=O) groups excluding carboxylic acids is 1. The van der Waals surface area contributed by atoms with E-state index in [9.17, 15) is 4.79 Å². The van der Waals surface area contributed by atoms with Crippen LogP contribution in [0.5, 0.6) is 0 Å². The molecule has 1 saturated carbocycles. The van der Waals surface area contributed by atoms with Gasteiger partial charge < -0.3 is 15.1 Å². The fraction of sp³-hybridized carbons (Fsp3) is 0.286. The van der Waals surface area contributed by atoms with Crippen LogP contribution in [-0.4, -0.2) is 22.1 Å². The molecular weight excluding hydrogens is 340 g/mol. The zero-order valence-electron chi connectivity index (χ0n) is 15.4. The Bertz CT molecular complexity index is 945. The molecule has 138 valence electrons. The second-order valence-electron chi connectivity index (χ2n) is 7.01. The van der Waals surface area contributed by atoms with Gasteiger partial charge in [-0.15, -0.1) is 10.2 Å². The molecule has 0 spiro atoms. The van der Waals surface area contributed by atoms with Gasteiger partial charge in [-0.2, -0.15) is 0 Å². The molecule has 0 bridgehead atoms. The van der Waals surface area contributed by atoms with E-state index in [4.69, 9.17) is 4.42 Å². The van der Waals surface area contributed by atoms with Gasteiger partial charge in [0, 0.05) is 22.9 Å². The summed E-state index contributed by atoms with van der Waals surface area (Å²) < 4.78 is 5.82. The first-order valence-corrected chi connectivity index (χ1v) is 9.16. The summed E-state index contributed by atoms with van der Waals surface area (Å²) in [5.74, 6) is 0.961. The first-order valence-electron chi connectivity index (χ1n) is 9.16. The number of nitrogens with zero attached hydrogens (tertiary/aromatic N) is 2. The van der Waals surface area contributed by atoms with E-state index in [0.717, 1.165) is 24.1 Å². The Balaban J connectivity index is 1.45. The number of anilines is 1. The molecule has 1 heterocycles. The van der Waals surface area contributed by atoms with Gasteiger partial charge in [0.2, 0.25) is 11.8 Å². The van der Waals surface area contributed by atoms with Gasteiger partial charge in [-0.05, 0) is 57.0 Å². The van der Waals surface area contributed by atoms with E-state index in [1.165, 1.54) is 5.56 Å². The van der Waals surface area contributed by atoms with Crippen molar-refractivity contribution in [3.05, 3.63) is 65.5 Å². The Hall–Kier alpha value is -3.15. The van der Waals surface area contributed by atoms with E-state index in [-0.39, 0.29) is 11.9 Å². The summed E-state index contributed by atoms with van der Waals surface area (Å²) >= 11 is 0. The van der Waals surface area contributed by atoms with E-state index in [1.54, 1.807) is 0 Å². The number of aromatic nitrogens is 2. The standard InChI is InChI=1S/C21H22N4O2/c1-13-6-8-15(9-7-13)21-25-24-20(27-21)14(2)22-18-5-3-4-16(12-18)19(26)23-17-10-11-17/h3-9,12,14,17,22H,10-11H2,1-2H3,(H,23,26)/t14-/m0/s1. The van der Waals surface area contributed by atoms with Crippen LogP contribution in [0.1, 0.15) is 47.6 Å². The van der Waals surface area contributed by atoms with Crippen LogP contribution in [0.25, 0.3) is 11.5 Å². The molecule has 2 N–H and O–H groups in total. The van der Waals surface area contributed by atoms with Crippen molar-refractivity contribution in [2.75, 3.05) is 5.32 Å². The van der Waals surface area contributed by atoms with Crippen LogP contribution in [0.2, 0.25) is 0 Å².